The Morgan fingerprint density at radius 2 is 2.28 bits per heavy atom. The monoisotopic (exact) mass is 245 g/mol. The number of aromatic nitrogens is 3. The third-order valence-electron chi connectivity index (χ3n) is 2.57. The van der Waals surface area contributed by atoms with Crippen LogP contribution in [0.1, 0.15) is 17.0 Å². The third-order valence-corrected chi connectivity index (χ3v) is 2.57. The molecule has 0 saturated carbocycles. The van der Waals surface area contributed by atoms with Gasteiger partial charge in [0.15, 0.2) is 0 Å². The standard InChI is InChI=1S/C12H12FN5/c1-18-8-16-17-12(18)7-15-6-9-2-3-11(13)10(4-9)5-14/h2-4,8,15H,6-7H2,1H3. The van der Waals surface area contributed by atoms with E-state index < -0.39 is 5.82 Å². The van der Waals surface area contributed by atoms with Gasteiger partial charge in [-0.2, -0.15) is 5.26 Å². The Morgan fingerprint density at radius 1 is 1.44 bits per heavy atom. The molecule has 0 aliphatic heterocycles. The fourth-order valence-electron chi connectivity index (χ4n) is 1.55. The zero-order chi connectivity index (χ0) is 13.0. The summed E-state index contributed by atoms with van der Waals surface area (Å²) in [6, 6.07) is 6.32. The first-order valence-electron chi connectivity index (χ1n) is 5.43. The number of benzene rings is 1. The molecule has 1 N–H and O–H groups in total. The minimum atomic E-state index is -0.491. The minimum absolute atomic E-state index is 0.0629. The summed E-state index contributed by atoms with van der Waals surface area (Å²) in [5, 5.41) is 19.6. The highest BCUT2D eigenvalue weighted by molar-refractivity contribution is 5.34. The SMILES string of the molecule is Cn1cnnc1CNCc1ccc(F)c(C#N)c1. The lowest BCUT2D eigenvalue weighted by atomic mass is 10.1. The molecule has 18 heavy (non-hydrogen) atoms. The Bertz CT molecular complexity index is 584. The van der Waals surface area contributed by atoms with Gasteiger partial charge in [0.05, 0.1) is 12.1 Å². The van der Waals surface area contributed by atoms with E-state index in [1.807, 2.05) is 17.7 Å². The van der Waals surface area contributed by atoms with Gasteiger partial charge >= 0.3 is 0 Å². The van der Waals surface area contributed by atoms with Crippen LogP contribution in [0, 0.1) is 17.1 Å². The molecule has 0 bridgehead atoms. The Morgan fingerprint density at radius 3 is 2.94 bits per heavy atom. The molecule has 1 aromatic carbocycles. The van der Waals surface area contributed by atoms with Crippen molar-refractivity contribution in [1.82, 2.24) is 20.1 Å². The summed E-state index contributed by atoms with van der Waals surface area (Å²) in [7, 11) is 1.86. The molecule has 1 heterocycles. The van der Waals surface area contributed by atoms with Crippen LogP contribution < -0.4 is 5.32 Å². The summed E-state index contributed by atoms with van der Waals surface area (Å²) in [6.07, 6.45) is 1.63. The molecule has 0 aliphatic rings. The van der Waals surface area contributed by atoms with E-state index >= 15 is 0 Å². The first kappa shape index (κ1) is 12.2. The van der Waals surface area contributed by atoms with Crippen molar-refractivity contribution in [2.24, 2.45) is 7.05 Å². The van der Waals surface area contributed by atoms with E-state index in [0.29, 0.717) is 13.1 Å². The van der Waals surface area contributed by atoms with Gasteiger partial charge in [-0.25, -0.2) is 4.39 Å². The van der Waals surface area contributed by atoms with E-state index in [2.05, 4.69) is 15.5 Å². The van der Waals surface area contributed by atoms with Gasteiger partial charge in [-0.15, -0.1) is 10.2 Å². The van der Waals surface area contributed by atoms with Crippen LogP contribution in [-0.2, 0) is 20.1 Å². The molecule has 0 fully saturated rings. The van der Waals surface area contributed by atoms with Crippen LogP contribution in [0.3, 0.4) is 0 Å². The van der Waals surface area contributed by atoms with Crippen molar-refractivity contribution in [3.63, 3.8) is 0 Å². The second kappa shape index (κ2) is 5.38. The summed E-state index contributed by atoms with van der Waals surface area (Å²) in [5.74, 6) is 0.326. The lowest BCUT2D eigenvalue weighted by Crippen LogP contribution is -2.15. The molecule has 5 nitrogen and oxygen atoms in total. The average molecular weight is 245 g/mol. The van der Waals surface area contributed by atoms with E-state index in [4.69, 9.17) is 5.26 Å². The normalized spacial score (nSPS) is 10.3. The Balaban J connectivity index is 1.95. The fourth-order valence-corrected chi connectivity index (χ4v) is 1.55. The van der Waals surface area contributed by atoms with Gasteiger partial charge in [0.2, 0.25) is 0 Å². The lowest BCUT2D eigenvalue weighted by Gasteiger charge is -2.05. The zero-order valence-electron chi connectivity index (χ0n) is 9.89. The minimum Gasteiger partial charge on any atom is -0.320 e. The van der Waals surface area contributed by atoms with Crippen molar-refractivity contribution in [3.05, 3.63) is 47.3 Å². The lowest BCUT2D eigenvalue weighted by molar-refractivity contribution is 0.616. The van der Waals surface area contributed by atoms with Crippen LogP contribution in [-0.4, -0.2) is 14.8 Å². The van der Waals surface area contributed by atoms with Crippen LogP contribution in [0.15, 0.2) is 24.5 Å². The summed E-state index contributed by atoms with van der Waals surface area (Å²) in [6.45, 7) is 1.11. The highest BCUT2D eigenvalue weighted by atomic mass is 19.1. The van der Waals surface area contributed by atoms with Gasteiger partial charge in [0, 0.05) is 13.6 Å². The van der Waals surface area contributed by atoms with Gasteiger partial charge in [0.1, 0.15) is 24.0 Å². The van der Waals surface area contributed by atoms with E-state index in [1.165, 1.54) is 6.07 Å². The summed E-state index contributed by atoms with van der Waals surface area (Å²) in [4.78, 5) is 0. The number of nitriles is 1. The summed E-state index contributed by atoms with van der Waals surface area (Å²) in [5.41, 5.74) is 0.920. The number of halogens is 1. The molecule has 0 atom stereocenters. The molecular weight excluding hydrogens is 233 g/mol. The highest BCUT2D eigenvalue weighted by Gasteiger charge is 2.03. The molecule has 6 heteroatoms. The summed E-state index contributed by atoms with van der Waals surface area (Å²) < 4.78 is 14.9. The predicted octanol–water partition coefficient (Wildman–Crippen LogP) is 1.12. The van der Waals surface area contributed by atoms with Gasteiger partial charge in [-0.3, -0.25) is 0 Å². The van der Waals surface area contributed by atoms with Gasteiger partial charge in [0.25, 0.3) is 0 Å². The van der Waals surface area contributed by atoms with Crippen LogP contribution >= 0.6 is 0 Å². The zero-order valence-corrected chi connectivity index (χ0v) is 9.89. The van der Waals surface area contributed by atoms with Crippen molar-refractivity contribution in [1.29, 1.82) is 5.26 Å². The number of nitrogens with zero attached hydrogens (tertiary/aromatic N) is 4. The Hall–Kier alpha value is -2.26. The molecule has 2 aromatic rings. The molecule has 0 saturated heterocycles. The molecule has 0 amide bonds. The van der Waals surface area contributed by atoms with Crippen LogP contribution in [0.2, 0.25) is 0 Å². The predicted molar refractivity (Wildman–Crippen MR) is 62.7 cm³/mol. The quantitative estimate of drug-likeness (QED) is 0.876. The van der Waals surface area contributed by atoms with Crippen LogP contribution in [0.5, 0.6) is 0 Å². The molecule has 0 radical (unpaired) electrons. The van der Waals surface area contributed by atoms with E-state index in [-0.39, 0.29) is 5.56 Å². The number of rotatable bonds is 4. The number of hydrogen-bond acceptors (Lipinski definition) is 4. The largest absolute Gasteiger partial charge is 0.320 e. The molecule has 92 valence electrons. The average Bonchev–Trinajstić information content (AvgIpc) is 2.77. The van der Waals surface area contributed by atoms with Gasteiger partial charge in [-0.05, 0) is 17.7 Å². The van der Waals surface area contributed by atoms with Crippen molar-refractivity contribution >= 4 is 0 Å². The number of nitrogens with one attached hydrogen (secondary N) is 1. The van der Waals surface area contributed by atoms with E-state index in [9.17, 15) is 4.39 Å². The van der Waals surface area contributed by atoms with Crippen molar-refractivity contribution < 1.29 is 4.39 Å². The topological polar surface area (TPSA) is 66.5 Å². The maximum atomic E-state index is 13.1. The second-order valence-corrected chi connectivity index (χ2v) is 3.89. The van der Waals surface area contributed by atoms with Crippen molar-refractivity contribution in [3.8, 4) is 6.07 Å². The Kier molecular flexibility index (Phi) is 3.65. The van der Waals surface area contributed by atoms with Gasteiger partial charge in [-0.1, -0.05) is 6.07 Å². The highest BCUT2D eigenvalue weighted by Crippen LogP contribution is 2.09. The van der Waals surface area contributed by atoms with Crippen molar-refractivity contribution in [2.45, 2.75) is 13.1 Å². The molecule has 2 rings (SSSR count). The number of hydrogen-bond donors (Lipinski definition) is 1. The van der Waals surface area contributed by atoms with E-state index in [0.717, 1.165) is 11.4 Å². The molecule has 0 aliphatic carbocycles. The fraction of sp³-hybridized carbons (Fsp3) is 0.250. The maximum absolute atomic E-state index is 13.1. The van der Waals surface area contributed by atoms with E-state index in [1.54, 1.807) is 18.5 Å². The molecular formula is C12H12FN5. The third kappa shape index (κ3) is 2.70. The number of aryl methyl sites for hydroxylation is 1. The molecule has 0 unspecified atom stereocenters. The van der Waals surface area contributed by atoms with Gasteiger partial charge < -0.3 is 9.88 Å². The van der Waals surface area contributed by atoms with Crippen molar-refractivity contribution in [2.75, 3.05) is 0 Å². The second-order valence-electron chi connectivity index (χ2n) is 3.89. The summed E-state index contributed by atoms with van der Waals surface area (Å²) >= 11 is 0. The Labute approximate surface area is 104 Å². The first-order chi connectivity index (χ1) is 8.70. The maximum Gasteiger partial charge on any atom is 0.146 e. The molecule has 0 spiro atoms. The van der Waals surface area contributed by atoms with Crippen LogP contribution in [0.25, 0.3) is 0 Å². The molecule has 1 aromatic heterocycles. The smallest absolute Gasteiger partial charge is 0.146 e. The first-order valence-corrected chi connectivity index (χ1v) is 5.43. The van der Waals surface area contributed by atoms with Crippen LogP contribution in [0.4, 0.5) is 4.39 Å².